The van der Waals surface area contributed by atoms with Crippen molar-refractivity contribution in [1.82, 2.24) is 10.2 Å². The molecule has 0 bridgehead atoms. The van der Waals surface area contributed by atoms with Crippen LogP contribution in [0.5, 0.6) is 0 Å². The highest BCUT2D eigenvalue weighted by molar-refractivity contribution is 5.94. The molecule has 0 aliphatic carbocycles. The van der Waals surface area contributed by atoms with Crippen molar-refractivity contribution < 1.29 is 4.79 Å². The van der Waals surface area contributed by atoms with Gasteiger partial charge in [-0.2, -0.15) is 0 Å². The van der Waals surface area contributed by atoms with Crippen LogP contribution in [0.15, 0.2) is 24.3 Å². The van der Waals surface area contributed by atoms with Gasteiger partial charge < -0.3 is 15.1 Å². The second kappa shape index (κ2) is 7.90. The number of nitrogens with one attached hydrogen (secondary N) is 1. The molecule has 20 heavy (non-hydrogen) atoms. The van der Waals surface area contributed by atoms with Crippen LogP contribution < -0.4 is 10.2 Å². The van der Waals surface area contributed by atoms with Gasteiger partial charge in [0, 0.05) is 44.0 Å². The summed E-state index contributed by atoms with van der Waals surface area (Å²) in [6.45, 7) is 8.97. The van der Waals surface area contributed by atoms with Crippen molar-refractivity contribution in [2.24, 2.45) is 0 Å². The first-order valence-corrected chi connectivity index (χ1v) is 7.28. The Balaban J connectivity index is 2.77. The fourth-order valence-electron chi connectivity index (χ4n) is 2.24. The van der Waals surface area contributed by atoms with Crippen molar-refractivity contribution in [2.75, 3.05) is 38.6 Å². The fourth-order valence-corrected chi connectivity index (χ4v) is 2.24. The van der Waals surface area contributed by atoms with Crippen LogP contribution in [0.25, 0.3) is 0 Å². The number of carbonyl (C=O) groups is 1. The molecule has 0 atom stereocenters. The molecule has 0 aliphatic heterocycles. The van der Waals surface area contributed by atoms with Crippen molar-refractivity contribution in [3.05, 3.63) is 29.8 Å². The van der Waals surface area contributed by atoms with Crippen LogP contribution in [-0.4, -0.2) is 50.6 Å². The van der Waals surface area contributed by atoms with E-state index in [0.717, 1.165) is 24.3 Å². The number of benzene rings is 1. The Morgan fingerprint density at radius 3 is 2.30 bits per heavy atom. The third kappa shape index (κ3) is 4.23. The lowest BCUT2D eigenvalue weighted by molar-refractivity contribution is 0.0797. The Morgan fingerprint density at radius 1 is 1.25 bits per heavy atom. The summed E-state index contributed by atoms with van der Waals surface area (Å²) in [4.78, 5) is 16.3. The van der Waals surface area contributed by atoms with Gasteiger partial charge in [-0.05, 0) is 52.1 Å². The van der Waals surface area contributed by atoms with Crippen LogP contribution in [0.3, 0.4) is 0 Å². The molecule has 0 aliphatic rings. The highest BCUT2D eigenvalue weighted by atomic mass is 16.2. The van der Waals surface area contributed by atoms with Crippen molar-refractivity contribution in [3.63, 3.8) is 0 Å². The first-order chi connectivity index (χ1) is 9.51. The zero-order chi connectivity index (χ0) is 15.1. The van der Waals surface area contributed by atoms with E-state index in [0.29, 0.717) is 12.6 Å². The molecule has 0 aromatic heterocycles. The third-order valence-electron chi connectivity index (χ3n) is 3.45. The molecule has 112 valence electrons. The van der Waals surface area contributed by atoms with Gasteiger partial charge in [-0.3, -0.25) is 4.79 Å². The third-order valence-corrected chi connectivity index (χ3v) is 3.45. The van der Waals surface area contributed by atoms with Crippen LogP contribution >= 0.6 is 0 Å². The topological polar surface area (TPSA) is 35.6 Å². The maximum atomic E-state index is 12.2. The zero-order valence-corrected chi connectivity index (χ0v) is 13.3. The summed E-state index contributed by atoms with van der Waals surface area (Å²) in [7, 11) is 3.72. The molecule has 0 radical (unpaired) electrons. The summed E-state index contributed by atoms with van der Waals surface area (Å²) in [5.41, 5.74) is 1.91. The van der Waals surface area contributed by atoms with Gasteiger partial charge in [0.15, 0.2) is 0 Å². The lowest BCUT2D eigenvalue weighted by Gasteiger charge is -2.27. The van der Waals surface area contributed by atoms with Gasteiger partial charge in [-0.25, -0.2) is 0 Å². The number of hydrogen-bond acceptors (Lipinski definition) is 3. The molecule has 0 fully saturated rings. The molecule has 0 saturated carbocycles. The quantitative estimate of drug-likeness (QED) is 0.830. The van der Waals surface area contributed by atoms with E-state index in [1.165, 1.54) is 0 Å². The molecule has 1 N–H and O–H groups in total. The van der Waals surface area contributed by atoms with Crippen LogP contribution in [0.2, 0.25) is 0 Å². The second-order valence-corrected chi connectivity index (χ2v) is 5.26. The molecule has 0 saturated heterocycles. The van der Waals surface area contributed by atoms with Gasteiger partial charge in [-0.1, -0.05) is 0 Å². The Kier molecular flexibility index (Phi) is 6.52. The van der Waals surface area contributed by atoms with Crippen molar-refractivity contribution in [2.45, 2.75) is 26.8 Å². The average Bonchev–Trinajstić information content (AvgIpc) is 2.45. The Hall–Kier alpha value is -1.55. The number of nitrogens with zero attached hydrogens (tertiary/aromatic N) is 2. The van der Waals surface area contributed by atoms with Crippen molar-refractivity contribution in [3.8, 4) is 0 Å². The summed E-state index contributed by atoms with van der Waals surface area (Å²) in [5, 5.41) is 3.05. The summed E-state index contributed by atoms with van der Waals surface area (Å²) in [5.74, 6) is 0.0689. The fraction of sp³-hybridized carbons (Fsp3) is 0.562. The van der Waals surface area contributed by atoms with Gasteiger partial charge in [0.1, 0.15) is 0 Å². The normalized spacial score (nSPS) is 10.7. The number of hydrogen-bond donors (Lipinski definition) is 1. The van der Waals surface area contributed by atoms with Crippen molar-refractivity contribution in [1.29, 1.82) is 0 Å². The van der Waals surface area contributed by atoms with E-state index in [1.807, 2.05) is 38.4 Å². The van der Waals surface area contributed by atoms with E-state index in [-0.39, 0.29) is 5.91 Å². The van der Waals surface area contributed by atoms with Crippen LogP contribution in [0, 0.1) is 0 Å². The summed E-state index contributed by atoms with van der Waals surface area (Å²) in [6.07, 6.45) is 0. The SMILES string of the molecule is CCN(c1ccc(C(=O)N(C)CCNC)cc1)C(C)C. The zero-order valence-electron chi connectivity index (χ0n) is 13.3. The average molecular weight is 277 g/mol. The van der Waals surface area contributed by atoms with E-state index in [1.54, 1.807) is 4.90 Å². The van der Waals surface area contributed by atoms with Crippen molar-refractivity contribution >= 4 is 11.6 Å². The number of rotatable bonds is 7. The molecule has 1 aromatic rings. The molecule has 0 spiro atoms. The van der Waals surface area contributed by atoms with Crippen LogP contribution in [0.1, 0.15) is 31.1 Å². The van der Waals surface area contributed by atoms with Crippen LogP contribution in [-0.2, 0) is 0 Å². The minimum Gasteiger partial charge on any atom is -0.369 e. The first-order valence-electron chi connectivity index (χ1n) is 7.28. The Morgan fingerprint density at radius 2 is 1.85 bits per heavy atom. The maximum absolute atomic E-state index is 12.2. The molecule has 1 amide bonds. The van der Waals surface area contributed by atoms with Gasteiger partial charge in [0.05, 0.1) is 0 Å². The van der Waals surface area contributed by atoms with Gasteiger partial charge >= 0.3 is 0 Å². The monoisotopic (exact) mass is 277 g/mol. The number of likely N-dealkylation sites (N-methyl/N-ethyl adjacent to an activating group) is 2. The van der Waals surface area contributed by atoms with E-state index in [2.05, 4.69) is 31.0 Å². The molecular weight excluding hydrogens is 250 g/mol. The number of amides is 1. The predicted molar refractivity (Wildman–Crippen MR) is 85.5 cm³/mol. The highest BCUT2D eigenvalue weighted by Crippen LogP contribution is 2.18. The maximum Gasteiger partial charge on any atom is 0.253 e. The van der Waals surface area contributed by atoms with E-state index >= 15 is 0 Å². The van der Waals surface area contributed by atoms with Crippen LogP contribution in [0.4, 0.5) is 5.69 Å². The standard InChI is InChI=1S/C16H27N3O/c1-6-19(13(2)3)15-9-7-14(8-10-15)16(20)18(5)12-11-17-4/h7-10,13,17H,6,11-12H2,1-5H3. The smallest absolute Gasteiger partial charge is 0.253 e. The lowest BCUT2D eigenvalue weighted by Crippen LogP contribution is -2.33. The molecule has 4 nitrogen and oxygen atoms in total. The first kappa shape index (κ1) is 16.5. The minimum absolute atomic E-state index is 0.0689. The summed E-state index contributed by atoms with van der Waals surface area (Å²) in [6, 6.07) is 8.35. The van der Waals surface area contributed by atoms with Gasteiger partial charge in [-0.15, -0.1) is 0 Å². The molecular formula is C16H27N3O. The summed E-state index contributed by atoms with van der Waals surface area (Å²) < 4.78 is 0. The molecule has 1 aromatic carbocycles. The Labute approximate surface area is 122 Å². The van der Waals surface area contributed by atoms with Gasteiger partial charge in [0.2, 0.25) is 0 Å². The van der Waals surface area contributed by atoms with E-state index < -0.39 is 0 Å². The minimum atomic E-state index is 0.0689. The second-order valence-electron chi connectivity index (χ2n) is 5.26. The number of anilines is 1. The molecule has 0 unspecified atom stereocenters. The number of carbonyl (C=O) groups excluding carboxylic acids is 1. The summed E-state index contributed by atoms with van der Waals surface area (Å²) >= 11 is 0. The molecule has 4 heteroatoms. The Bertz CT molecular complexity index is 414. The molecule has 0 heterocycles. The molecule has 1 rings (SSSR count). The lowest BCUT2D eigenvalue weighted by atomic mass is 10.1. The van der Waals surface area contributed by atoms with Gasteiger partial charge in [0.25, 0.3) is 5.91 Å². The highest BCUT2D eigenvalue weighted by Gasteiger charge is 2.13. The predicted octanol–water partition coefficient (Wildman–Crippen LogP) is 2.21. The van der Waals surface area contributed by atoms with E-state index in [9.17, 15) is 4.79 Å². The van der Waals surface area contributed by atoms with E-state index in [4.69, 9.17) is 0 Å². The largest absolute Gasteiger partial charge is 0.369 e.